The average Bonchev–Trinajstić information content (AvgIpc) is 2.40. The summed E-state index contributed by atoms with van der Waals surface area (Å²) in [6, 6.07) is 5.70. The molecule has 0 unspecified atom stereocenters. The highest BCUT2D eigenvalue weighted by Crippen LogP contribution is 2.27. The molecular weight excluding hydrogens is 360 g/mol. The first-order valence-corrected chi connectivity index (χ1v) is 11.3. The Balaban J connectivity index is 2.74. The zero-order chi connectivity index (χ0) is 21.0. The van der Waals surface area contributed by atoms with Crippen molar-refractivity contribution < 1.29 is 13.2 Å². The second-order valence-corrected chi connectivity index (χ2v) is 11.3. The van der Waals surface area contributed by atoms with Crippen molar-refractivity contribution in [2.45, 2.75) is 73.3 Å². The molecule has 0 radical (unpaired) electrons. The molecule has 1 amide bonds. The largest absolute Gasteiger partial charge is 0.351 e. The number of benzene rings is 1. The smallest absolute Gasteiger partial charge is 0.232 e. The van der Waals surface area contributed by atoms with Crippen molar-refractivity contribution in [2.24, 2.45) is 5.41 Å². The minimum atomic E-state index is -3.41. The molecule has 1 N–H and O–H groups in total. The van der Waals surface area contributed by atoms with Crippen LogP contribution in [0.1, 0.15) is 65.0 Å². The molecule has 0 fully saturated rings. The van der Waals surface area contributed by atoms with Crippen LogP contribution >= 0.6 is 0 Å². The zero-order valence-electron chi connectivity index (χ0n) is 18.1. The van der Waals surface area contributed by atoms with Gasteiger partial charge >= 0.3 is 0 Å². The predicted molar refractivity (Wildman–Crippen MR) is 114 cm³/mol. The number of sulfonamides is 1. The number of hydrogen-bond donors (Lipinski definition) is 1. The van der Waals surface area contributed by atoms with Gasteiger partial charge < -0.3 is 5.32 Å². The highest BCUT2D eigenvalue weighted by atomic mass is 32.2. The number of carbonyl (C=O) groups is 1. The van der Waals surface area contributed by atoms with Gasteiger partial charge in [0, 0.05) is 18.5 Å². The molecule has 0 aliphatic rings. The third kappa shape index (κ3) is 8.33. The molecule has 154 valence electrons. The Hall–Kier alpha value is -1.56. The molecule has 0 heterocycles. The number of aryl methyl sites for hydroxylation is 2. The van der Waals surface area contributed by atoms with E-state index >= 15 is 0 Å². The second-order valence-electron chi connectivity index (χ2n) is 9.40. The first kappa shape index (κ1) is 23.5. The minimum absolute atomic E-state index is 0.0432. The van der Waals surface area contributed by atoms with Gasteiger partial charge in [0.15, 0.2) is 0 Å². The average molecular weight is 397 g/mol. The van der Waals surface area contributed by atoms with Gasteiger partial charge in [-0.2, -0.15) is 0 Å². The molecule has 6 heteroatoms. The Kier molecular flexibility index (Phi) is 7.51. The zero-order valence-corrected chi connectivity index (χ0v) is 19.0. The second kappa shape index (κ2) is 8.63. The van der Waals surface area contributed by atoms with E-state index in [1.165, 1.54) is 10.6 Å². The summed E-state index contributed by atoms with van der Waals surface area (Å²) < 4.78 is 25.9. The molecular formula is C21H36N2O3S. The molecule has 27 heavy (non-hydrogen) atoms. The third-order valence-electron chi connectivity index (χ3n) is 4.24. The summed E-state index contributed by atoms with van der Waals surface area (Å²) >= 11 is 0. The minimum Gasteiger partial charge on any atom is -0.351 e. The van der Waals surface area contributed by atoms with E-state index in [-0.39, 0.29) is 23.4 Å². The van der Waals surface area contributed by atoms with Gasteiger partial charge in [0.2, 0.25) is 15.9 Å². The number of nitrogens with one attached hydrogen (secondary N) is 1. The van der Waals surface area contributed by atoms with E-state index in [4.69, 9.17) is 0 Å². The lowest BCUT2D eigenvalue weighted by Gasteiger charge is -2.33. The Morgan fingerprint density at radius 3 is 2.19 bits per heavy atom. The van der Waals surface area contributed by atoms with Crippen LogP contribution < -0.4 is 9.62 Å². The fourth-order valence-corrected chi connectivity index (χ4v) is 4.77. The number of rotatable bonds is 8. The highest BCUT2D eigenvalue weighted by molar-refractivity contribution is 7.92. The Morgan fingerprint density at radius 1 is 1.11 bits per heavy atom. The molecule has 0 bridgehead atoms. The van der Waals surface area contributed by atoms with Crippen molar-refractivity contribution in [3.8, 4) is 0 Å². The molecule has 0 saturated heterocycles. The van der Waals surface area contributed by atoms with E-state index in [1.54, 1.807) is 0 Å². The van der Waals surface area contributed by atoms with Crippen LogP contribution in [0.25, 0.3) is 0 Å². The van der Waals surface area contributed by atoms with Crippen LogP contribution in [0.15, 0.2) is 18.2 Å². The lowest BCUT2D eigenvalue weighted by molar-refractivity contribution is -0.123. The summed E-state index contributed by atoms with van der Waals surface area (Å²) in [6.45, 7) is 14.7. The summed E-state index contributed by atoms with van der Waals surface area (Å²) in [5.74, 6) is -0.0432. The summed E-state index contributed by atoms with van der Waals surface area (Å²) in [7, 11) is -3.41. The maximum Gasteiger partial charge on any atom is 0.232 e. The lowest BCUT2D eigenvalue weighted by atomic mass is 9.82. The van der Waals surface area contributed by atoms with Gasteiger partial charge in [-0.1, -0.05) is 38.5 Å². The van der Waals surface area contributed by atoms with E-state index in [2.05, 4.69) is 26.1 Å². The fraction of sp³-hybridized carbons (Fsp3) is 0.667. The summed E-state index contributed by atoms with van der Waals surface area (Å²) in [6.07, 6.45) is 2.84. The number of anilines is 1. The predicted octanol–water partition coefficient (Wildman–Crippen LogP) is 4.18. The standard InChI is InChI=1S/C21H36N2O3S/c1-16-11-12-18(17(2)14-16)23(27(8,25)26)13-9-10-19(24)22-21(6,7)15-20(3,4)5/h11-12,14H,9-10,13,15H2,1-8H3,(H,22,24). The summed E-state index contributed by atoms with van der Waals surface area (Å²) in [4.78, 5) is 12.3. The topological polar surface area (TPSA) is 66.5 Å². The molecule has 0 spiro atoms. The van der Waals surface area contributed by atoms with Gasteiger partial charge in [-0.15, -0.1) is 0 Å². The number of carbonyl (C=O) groups excluding carboxylic acids is 1. The van der Waals surface area contributed by atoms with E-state index in [9.17, 15) is 13.2 Å². The van der Waals surface area contributed by atoms with Crippen LogP contribution in [0.4, 0.5) is 5.69 Å². The molecule has 1 aromatic rings. The number of amides is 1. The maximum atomic E-state index is 12.3. The summed E-state index contributed by atoms with van der Waals surface area (Å²) in [5.41, 5.74) is 2.50. The van der Waals surface area contributed by atoms with Gasteiger partial charge in [0.25, 0.3) is 0 Å². The van der Waals surface area contributed by atoms with Crippen molar-refractivity contribution in [1.29, 1.82) is 0 Å². The quantitative estimate of drug-likeness (QED) is 0.717. The van der Waals surface area contributed by atoms with Gasteiger partial charge in [0.1, 0.15) is 0 Å². The van der Waals surface area contributed by atoms with Crippen molar-refractivity contribution in [3.63, 3.8) is 0 Å². The molecule has 0 aliphatic heterocycles. The first-order valence-electron chi connectivity index (χ1n) is 9.47. The molecule has 1 aromatic carbocycles. The van der Waals surface area contributed by atoms with Crippen LogP contribution in [0.3, 0.4) is 0 Å². The number of nitrogens with zero attached hydrogens (tertiary/aromatic N) is 1. The normalized spacial score (nSPS) is 12.7. The van der Waals surface area contributed by atoms with Crippen LogP contribution in [-0.4, -0.2) is 32.7 Å². The van der Waals surface area contributed by atoms with Gasteiger partial charge in [-0.25, -0.2) is 8.42 Å². The Bertz CT molecular complexity index is 762. The van der Waals surface area contributed by atoms with E-state index < -0.39 is 10.0 Å². The molecule has 5 nitrogen and oxygen atoms in total. The Labute approximate surface area is 165 Å². The Morgan fingerprint density at radius 2 is 1.70 bits per heavy atom. The van der Waals surface area contributed by atoms with E-state index in [0.717, 1.165) is 17.5 Å². The monoisotopic (exact) mass is 396 g/mol. The van der Waals surface area contributed by atoms with Crippen LogP contribution in [0, 0.1) is 19.3 Å². The fourth-order valence-electron chi connectivity index (χ4n) is 3.74. The molecule has 0 aromatic heterocycles. The van der Waals surface area contributed by atoms with Crippen molar-refractivity contribution >= 4 is 21.6 Å². The van der Waals surface area contributed by atoms with E-state index in [1.807, 2.05) is 45.9 Å². The number of hydrogen-bond acceptors (Lipinski definition) is 3. The van der Waals surface area contributed by atoms with Crippen LogP contribution in [-0.2, 0) is 14.8 Å². The van der Waals surface area contributed by atoms with Gasteiger partial charge in [-0.3, -0.25) is 9.10 Å². The van der Waals surface area contributed by atoms with Crippen molar-refractivity contribution in [1.82, 2.24) is 5.32 Å². The molecule has 0 aliphatic carbocycles. The van der Waals surface area contributed by atoms with Crippen molar-refractivity contribution in [2.75, 3.05) is 17.1 Å². The molecule has 0 atom stereocenters. The third-order valence-corrected chi connectivity index (χ3v) is 5.42. The van der Waals surface area contributed by atoms with Crippen molar-refractivity contribution in [3.05, 3.63) is 29.3 Å². The molecule has 1 rings (SSSR count). The van der Waals surface area contributed by atoms with Gasteiger partial charge in [0.05, 0.1) is 11.9 Å². The van der Waals surface area contributed by atoms with Crippen LogP contribution in [0.5, 0.6) is 0 Å². The first-order chi connectivity index (χ1) is 12.1. The maximum absolute atomic E-state index is 12.3. The van der Waals surface area contributed by atoms with E-state index in [0.29, 0.717) is 18.5 Å². The summed E-state index contributed by atoms with van der Waals surface area (Å²) in [5, 5.41) is 3.08. The molecule has 0 saturated carbocycles. The van der Waals surface area contributed by atoms with Crippen LogP contribution in [0.2, 0.25) is 0 Å². The SMILES string of the molecule is Cc1ccc(N(CCCC(=O)NC(C)(C)CC(C)(C)C)S(C)(=O)=O)c(C)c1. The lowest BCUT2D eigenvalue weighted by Crippen LogP contribution is -2.46. The highest BCUT2D eigenvalue weighted by Gasteiger charge is 2.27. The van der Waals surface area contributed by atoms with Gasteiger partial charge in [-0.05, 0) is 57.6 Å².